The lowest BCUT2D eigenvalue weighted by atomic mass is 10.0. The van der Waals surface area contributed by atoms with Crippen LogP contribution in [-0.2, 0) is 32.6 Å². The van der Waals surface area contributed by atoms with Crippen molar-refractivity contribution in [3.63, 3.8) is 0 Å². The number of hydrogen-bond acceptors (Lipinski definition) is 5. The van der Waals surface area contributed by atoms with E-state index in [1.54, 1.807) is 43.3 Å². The van der Waals surface area contributed by atoms with Crippen molar-refractivity contribution in [3.05, 3.63) is 95.6 Å². The third-order valence-electron chi connectivity index (χ3n) is 6.47. The van der Waals surface area contributed by atoms with E-state index in [9.17, 15) is 18.0 Å². The van der Waals surface area contributed by atoms with Crippen LogP contribution in [0.5, 0.6) is 5.75 Å². The second-order valence-corrected chi connectivity index (χ2v) is 11.4. The third kappa shape index (κ3) is 8.58. The molecule has 0 aliphatic carbocycles. The SMILES string of the molecule is CNC(=O)[C@H](Cc1ccccc1)N(Cc1cccc(C)c1)C(=O)CCCN(c1ccc(OC)cc1)S(C)(=O)=O. The van der Waals surface area contributed by atoms with Crippen LogP contribution in [0, 0.1) is 6.92 Å². The molecule has 0 aromatic heterocycles. The highest BCUT2D eigenvalue weighted by Gasteiger charge is 2.30. The maximum atomic E-state index is 13.7. The van der Waals surface area contributed by atoms with E-state index in [1.165, 1.54) is 4.31 Å². The molecule has 2 amide bonds. The molecule has 3 aromatic rings. The molecule has 0 aliphatic rings. The Morgan fingerprint density at radius 2 is 1.62 bits per heavy atom. The number of rotatable bonds is 13. The summed E-state index contributed by atoms with van der Waals surface area (Å²) >= 11 is 0. The van der Waals surface area contributed by atoms with Gasteiger partial charge in [0.1, 0.15) is 11.8 Å². The number of nitrogens with zero attached hydrogens (tertiary/aromatic N) is 2. The molecule has 208 valence electrons. The van der Waals surface area contributed by atoms with Crippen LogP contribution in [0.3, 0.4) is 0 Å². The number of amides is 2. The minimum Gasteiger partial charge on any atom is -0.497 e. The van der Waals surface area contributed by atoms with Crippen molar-refractivity contribution in [2.45, 2.75) is 38.8 Å². The van der Waals surface area contributed by atoms with Crippen LogP contribution < -0.4 is 14.4 Å². The monoisotopic (exact) mass is 551 g/mol. The lowest BCUT2D eigenvalue weighted by molar-refractivity contribution is -0.141. The Kier molecular flexibility index (Phi) is 10.5. The van der Waals surface area contributed by atoms with Gasteiger partial charge in [-0.3, -0.25) is 13.9 Å². The van der Waals surface area contributed by atoms with Gasteiger partial charge in [-0.15, -0.1) is 0 Å². The van der Waals surface area contributed by atoms with Crippen molar-refractivity contribution in [1.29, 1.82) is 0 Å². The molecule has 1 atom stereocenters. The summed E-state index contributed by atoms with van der Waals surface area (Å²) in [7, 11) is -0.473. The van der Waals surface area contributed by atoms with Crippen molar-refractivity contribution in [2.75, 3.05) is 31.3 Å². The Morgan fingerprint density at radius 1 is 0.949 bits per heavy atom. The number of methoxy groups -OCH3 is 1. The van der Waals surface area contributed by atoms with Crippen molar-refractivity contribution < 1.29 is 22.7 Å². The highest BCUT2D eigenvalue weighted by atomic mass is 32.2. The van der Waals surface area contributed by atoms with Crippen LogP contribution in [0.2, 0.25) is 0 Å². The van der Waals surface area contributed by atoms with Gasteiger partial charge in [-0.2, -0.15) is 0 Å². The number of nitrogens with one attached hydrogen (secondary N) is 1. The zero-order chi connectivity index (χ0) is 28.4. The van der Waals surface area contributed by atoms with Gasteiger partial charge in [0.2, 0.25) is 21.8 Å². The van der Waals surface area contributed by atoms with Gasteiger partial charge in [-0.1, -0.05) is 60.2 Å². The van der Waals surface area contributed by atoms with Crippen molar-refractivity contribution in [1.82, 2.24) is 10.2 Å². The Labute approximate surface area is 231 Å². The van der Waals surface area contributed by atoms with Gasteiger partial charge in [0, 0.05) is 33.0 Å². The third-order valence-corrected chi connectivity index (χ3v) is 7.66. The van der Waals surface area contributed by atoms with E-state index in [4.69, 9.17) is 4.74 Å². The number of carbonyl (C=O) groups excluding carboxylic acids is 2. The first-order valence-corrected chi connectivity index (χ1v) is 14.7. The van der Waals surface area contributed by atoms with Gasteiger partial charge in [0.05, 0.1) is 19.1 Å². The molecule has 0 saturated heterocycles. The number of sulfonamides is 1. The maximum absolute atomic E-state index is 13.7. The first-order valence-electron chi connectivity index (χ1n) is 12.8. The minimum atomic E-state index is -3.58. The molecule has 1 N–H and O–H groups in total. The van der Waals surface area contributed by atoms with Crippen molar-refractivity contribution in [2.24, 2.45) is 0 Å². The molecular weight excluding hydrogens is 514 g/mol. The Hall–Kier alpha value is -3.85. The molecule has 0 aliphatic heterocycles. The molecule has 8 nitrogen and oxygen atoms in total. The second kappa shape index (κ2) is 13.8. The van der Waals surface area contributed by atoms with Gasteiger partial charge >= 0.3 is 0 Å². The van der Waals surface area contributed by atoms with E-state index < -0.39 is 16.1 Å². The molecule has 0 radical (unpaired) electrons. The van der Waals surface area contributed by atoms with Crippen LogP contribution >= 0.6 is 0 Å². The number of carbonyl (C=O) groups is 2. The van der Waals surface area contributed by atoms with E-state index in [-0.39, 0.29) is 37.7 Å². The lowest BCUT2D eigenvalue weighted by Crippen LogP contribution is -2.49. The molecule has 3 rings (SSSR count). The van der Waals surface area contributed by atoms with Gasteiger partial charge in [0.25, 0.3) is 0 Å². The maximum Gasteiger partial charge on any atom is 0.242 e. The van der Waals surface area contributed by atoms with Crippen molar-refractivity contribution >= 4 is 27.5 Å². The van der Waals surface area contributed by atoms with E-state index in [0.717, 1.165) is 22.9 Å². The van der Waals surface area contributed by atoms with E-state index in [2.05, 4.69) is 5.32 Å². The number of likely N-dealkylation sites (N-methyl/N-ethyl adjacent to an activating group) is 1. The Bertz CT molecular complexity index is 1340. The largest absolute Gasteiger partial charge is 0.497 e. The summed E-state index contributed by atoms with van der Waals surface area (Å²) < 4.78 is 31.6. The topological polar surface area (TPSA) is 96.0 Å². The average molecular weight is 552 g/mol. The minimum absolute atomic E-state index is 0.0796. The number of ether oxygens (including phenoxy) is 1. The second-order valence-electron chi connectivity index (χ2n) is 9.47. The molecule has 0 saturated carbocycles. The Balaban J connectivity index is 1.83. The van der Waals surface area contributed by atoms with Crippen LogP contribution in [0.25, 0.3) is 0 Å². The standard InChI is InChI=1S/C30H37N3O5S/c1-23-10-8-13-25(20-23)22-32(28(30(35)31-2)21-24-11-6-5-7-12-24)29(34)14-9-19-33(39(4,36)37)26-15-17-27(38-3)18-16-26/h5-8,10-13,15-18,20,28H,9,14,19,21-22H2,1-4H3,(H,31,35)/t28-/m0/s1. The lowest BCUT2D eigenvalue weighted by Gasteiger charge is -2.31. The molecule has 39 heavy (non-hydrogen) atoms. The van der Waals surface area contributed by atoms with Crippen LogP contribution in [-0.4, -0.2) is 58.1 Å². The summed E-state index contributed by atoms with van der Waals surface area (Å²) in [5.74, 6) is 0.146. The molecule has 9 heteroatoms. The number of aryl methyl sites for hydroxylation is 1. The zero-order valence-electron chi connectivity index (χ0n) is 23.0. The first kappa shape index (κ1) is 29.7. The predicted octanol–water partition coefficient (Wildman–Crippen LogP) is 3.94. The number of benzene rings is 3. The molecule has 0 bridgehead atoms. The molecular formula is C30H37N3O5S. The van der Waals surface area contributed by atoms with Gasteiger partial charge in [-0.05, 0) is 48.7 Å². The molecule has 0 fully saturated rings. The number of hydrogen-bond donors (Lipinski definition) is 1. The van der Waals surface area contributed by atoms with E-state index in [1.807, 2.05) is 61.5 Å². The van der Waals surface area contributed by atoms with Gasteiger partial charge in [0.15, 0.2) is 0 Å². The fraction of sp³-hybridized carbons (Fsp3) is 0.333. The molecule has 0 heterocycles. The molecule has 0 spiro atoms. The average Bonchev–Trinajstić information content (AvgIpc) is 2.92. The summed E-state index contributed by atoms with van der Waals surface area (Å²) in [5, 5.41) is 2.71. The van der Waals surface area contributed by atoms with Gasteiger partial charge in [-0.25, -0.2) is 8.42 Å². The summed E-state index contributed by atoms with van der Waals surface area (Å²) in [6.45, 7) is 2.37. The van der Waals surface area contributed by atoms with Crippen LogP contribution in [0.1, 0.15) is 29.5 Å². The van der Waals surface area contributed by atoms with Crippen molar-refractivity contribution in [3.8, 4) is 5.75 Å². The Morgan fingerprint density at radius 3 is 2.21 bits per heavy atom. The fourth-order valence-corrected chi connectivity index (χ4v) is 5.45. The summed E-state index contributed by atoms with van der Waals surface area (Å²) in [6, 6.07) is 23.4. The number of anilines is 1. The highest BCUT2D eigenvalue weighted by molar-refractivity contribution is 7.92. The first-order chi connectivity index (χ1) is 18.6. The van der Waals surface area contributed by atoms with Gasteiger partial charge < -0.3 is 15.0 Å². The van der Waals surface area contributed by atoms with E-state index >= 15 is 0 Å². The quantitative estimate of drug-likeness (QED) is 0.347. The highest BCUT2D eigenvalue weighted by Crippen LogP contribution is 2.23. The molecule has 3 aromatic carbocycles. The summed E-state index contributed by atoms with van der Waals surface area (Å²) in [4.78, 5) is 28.4. The predicted molar refractivity (Wildman–Crippen MR) is 154 cm³/mol. The van der Waals surface area contributed by atoms with E-state index in [0.29, 0.717) is 17.9 Å². The van der Waals surface area contributed by atoms with Crippen LogP contribution in [0.4, 0.5) is 5.69 Å². The van der Waals surface area contributed by atoms with Crippen LogP contribution in [0.15, 0.2) is 78.9 Å². The summed E-state index contributed by atoms with van der Waals surface area (Å²) in [5.41, 5.74) is 3.41. The normalized spacial score (nSPS) is 11.9. The smallest absolute Gasteiger partial charge is 0.242 e. The fourth-order valence-electron chi connectivity index (χ4n) is 4.48. The molecule has 0 unspecified atom stereocenters. The zero-order valence-corrected chi connectivity index (χ0v) is 23.8. The summed E-state index contributed by atoms with van der Waals surface area (Å²) in [6.07, 6.45) is 1.87.